The zero-order valence-corrected chi connectivity index (χ0v) is 16.9. The van der Waals surface area contributed by atoms with Crippen LogP contribution < -0.4 is 0 Å². The summed E-state index contributed by atoms with van der Waals surface area (Å²) < 4.78 is 24.1. The number of hydrogen-bond acceptors (Lipinski definition) is 6. The van der Waals surface area contributed by atoms with E-state index in [-0.39, 0.29) is 31.4 Å². The first-order valence-electron chi connectivity index (χ1n) is 8.57. The van der Waals surface area contributed by atoms with E-state index in [9.17, 15) is 23.7 Å². The molecule has 0 saturated carbocycles. The van der Waals surface area contributed by atoms with Crippen molar-refractivity contribution >= 4 is 20.7 Å². The third-order valence-corrected chi connectivity index (χ3v) is 8.05. The minimum atomic E-state index is -3.23. The van der Waals surface area contributed by atoms with E-state index in [1.807, 2.05) is 9.80 Å². The van der Waals surface area contributed by atoms with E-state index in [0.29, 0.717) is 39.3 Å². The third kappa shape index (κ3) is 9.29. The van der Waals surface area contributed by atoms with Gasteiger partial charge in [0.1, 0.15) is 0 Å². The van der Waals surface area contributed by atoms with Crippen LogP contribution in [0.2, 0.25) is 0 Å². The molecule has 1 fully saturated rings. The fourth-order valence-corrected chi connectivity index (χ4v) is 4.86. The van der Waals surface area contributed by atoms with Gasteiger partial charge < -0.3 is 14.9 Å². The van der Waals surface area contributed by atoms with E-state index >= 15 is 0 Å². The minimum absolute atomic E-state index is 0.0583. The summed E-state index contributed by atoms with van der Waals surface area (Å²) in [6.07, 6.45) is 0.493. The maximum absolute atomic E-state index is 12.1. The Hall–Kier alpha value is -0.270. The SMILES string of the molecule is CCP(=O)(O)CN1CCN(CC(=O)O)CCN(CP(=O)(O)CC)CC1. The van der Waals surface area contributed by atoms with Crippen LogP contribution in [0.25, 0.3) is 0 Å². The number of carboxylic acid groups (broad SMARTS) is 1. The lowest BCUT2D eigenvalue weighted by atomic mass is 10.4. The number of aliphatic carboxylic acids is 1. The molecule has 1 aliphatic rings. The molecule has 0 aromatic heterocycles. The molecule has 1 rings (SSSR count). The molecular formula is C14H31N3O6P2. The van der Waals surface area contributed by atoms with Crippen molar-refractivity contribution in [2.75, 3.05) is 70.7 Å². The fraction of sp³-hybridized carbons (Fsp3) is 0.929. The van der Waals surface area contributed by atoms with Gasteiger partial charge in [0.2, 0.25) is 14.7 Å². The molecule has 11 heteroatoms. The summed E-state index contributed by atoms with van der Waals surface area (Å²) in [4.78, 5) is 36.3. The average Bonchev–Trinajstić information content (AvgIpc) is 2.60. The molecule has 2 atom stereocenters. The lowest BCUT2D eigenvalue weighted by Gasteiger charge is -2.27. The van der Waals surface area contributed by atoms with Gasteiger partial charge in [-0.05, 0) is 0 Å². The lowest BCUT2D eigenvalue weighted by Crippen LogP contribution is -2.39. The second-order valence-electron chi connectivity index (χ2n) is 6.51. The Kier molecular flexibility index (Phi) is 9.26. The van der Waals surface area contributed by atoms with Gasteiger partial charge in [0.25, 0.3) is 0 Å². The summed E-state index contributed by atoms with van der Waals surface area (Å²) in [5.41, 5.74) is 0. The van der Waals surface area contributed by atoms with Crippen molar-refractivity contribution in [3.05, 3.63) is 0 Å². The van der Waals surface area contributed by atoms with Crippen LogP contribution in [0.1, 0.15) is 13.8 Å². The zero-order chi connectivity index (χ0) is 19.1. The molecule has 0 amide bonds. The van der Waals surface area contributed by atoms with Crippen molar-refractivity contribution in [3.8, 4) is 0 Å². The van der Waals surface area contributed by atoms with Crippen LogP contribution in [0.4, 0.5) is 0 Å². The monoisotopic (exact) mass is 399 g/mol. The molecule has 0 aliphatic carbocycles. The summed E-state index contributed by atoms with van der Waals surface area (Å²) in [5, 5.41) is 9.04. The molecule has 1 aliphatic heterocycles. The van der Waals surface area contributed by atoms with Crippen LogP contribution in [0.15, 0.2) is 0 Å². The topological polar surface area (TPSA) is 122 Å². The Labute approximate surface area is 149 Å². The normalized spacial score (nSPS) is 23.8. The van der Waals surface area contributed by atoms with Crippen LogP contribution in [-0.2, 0) is 13.9 Å². The van der Waals surface area contributed by atoms with Crippen LogP contribution in [0, 0.1) is 0 Å². The molecule has 0 spiro atoms. The molecule has 148 valence electrons. The molecule has 3 N–H and O–H groups in total. The molecule has 0 aromatic carbocycles. The first-order chi connectivity index (χ1) is 11.6. The van der Waals surface area contributed by atoms with Crippen molar-refractivity contribution in [1.29, 1.82) is 0 Å². The highest BCUT2D eigenvalue weighted by Crippen LogP contribution is 2.41. The molecule has 1 heterocycles. The molecule has 25 heavy (non-hydrogen) atoms. The van der Waals surface area contributed by atoms with Gasteiger partial charge in [0.05, 0.1) is 19.1 Å². The minimum Gasteiger partial charge on any atom is -0.480 e. The number of rotatable bonds is 8. The van der Waals surface area contributed by atoms with Crippen molar-refractivity contribution in [3.63, 3.8) is 0 Å². The van der Waals surface area contributed by atoms with Crippen molar-refractivity contribution < 1.29 is 28.8 Å². The Balaban J connectivity index is 2.84. The quantitative estimate of drug-likeness (QED) is 0.501. The predicted octanol–water partition coefficient (Wildman–Crippen LogP) is 0.486. The smallest absolute Gasteiger partial charge is 0.317 e. The molecule has 0 bridgehead atoms. The van der Waals surface area contributed by atoms with Crippen molar-refractivity contribution in [2.24, 2.45) is 0 Å². The highest BCUT2D eigenvalue weighted by molar-refractivity contribution is 7.58. The number of hydrogen-bond donors (Lipinski definition) is 3. The van der Waals surface area contributed by atoms with E-state index in [2.05, 4.69) is 0 Å². The lowest BCUT2D eigenvalue weighted by molar-refractivity contribution is -0.138. The van der Waals surface area contributed by atoms with Gasteiger partial charge in [-0.15, -0.1) is 0 Å². The van der Waals surface area contributed by atoms with E-state index in [1.54, 1.807) is 18.7 Å². The van der Waals surface area contributed by atoms with Gasteiger partial charge in [0, 0.05) is 51.6 Å². The molecule has 2 unspecified atom stereocenters. The molecular weight excluding hydrogens is 368 g/mol. The summed E-state index contributed by atoms with van der Waals surface area (Å²) in [7, 11) is -6.47. The second kappa shape index (κ2) is 10.2. The van der Waals surface area contributed by atoms with Gasteiger partial charge in [0.15, 0.2) is 0 Å². The van der Waals surface area contributed by atoms with Gasteiger partial charge in [-0.3, -0.25) is 28.6 Å². The van der Waals surface area contributed by atoms with Crippen LogP contribution >= 0.6 is 14.7 Å². The first kappa shape index (κ1) is 22.8. The summed E-state index contributed by atoms with van der Waals surface area (Å²) in [6.45, 7) is 6.20. The van der Waals surface area contributed by atoms with E-state index in [0.717, 1.165) is 0 Å². The fourth-order valence-electron chi connectivity index (χ4n) is 2.64. The Morgan fingerprint density at radius 2 is 1.12 bits per heavy atom. The number of nitrogens with zero attached hydrogens (tertiary/aromatic N) is 3. The maximum Gasteiger partial charge on any atom is 0.317 e. The molecule has 9 nitrogen and oxygen atoms in total. The molecule has 0 aromatic rings. The molecule has 1 saturated heterocycles. The van der Waals surface area contributed by atoms with Crippen LogP contribution in [-0.4, -0.2) is 106 Å². The van der Waals surface area contributed by atoms with Gasteiger partial charge in [-0.1, -0.05) is 13.8 Å². The van der Waals surface area contributed by atoms with E-state index in [1.165, 1.54) is 0 Å². The molecule has 0 radical (unpaired) electrons. The standard InChI is InChI=1S/C14H31N3O6P2/c1-3-24(20,21)12-16-7-5-15(11-14(18)19)6-8-17(10-9-16)13-25(22,23)4-2/h3-13H2,1-2H3,(H,18,19)(H,20,21)(H,22,23). The van der Waals surface area contributed by atoms with Gasteiger partial charge in [-0.25, -0.2) is 0 Å². The van der Waals surface area contributed by atoms with Crippen LogP contribution in [0.5, 0.6) is 0 Å². The van der Waals surface area contributed by atoms with Crippen molar-refractivity contribution in [1.82, 2.24) is 14.7 Å². The average molecular weight is 399 g/mol. The maximum atomic E-state index is 12.1. The number of carboxylic acids is 1. The Morgan fingerprint density at radius 1 is 0.800 bits per heavy atom. The van der Waals surface area contributed by atoms with E-state index in [4.69, 9.17) is 5.11 Å². The van der Waals surface area contributed by atoms with Gasteiger partial charge >= 0.3 is 5.97 Å². The predicted molar refractivity (Wildman–Crippen MR) is 97.7 cm³/mol. The third-order valence-electron chi connectivity index (χ3n) is 4.39. The highest BCUT2D eigenvalue weighted by atomic mass is 31.2. The summed E-state index contributed by atoms with van der Waals surface area (Å²) in [5.74, 6) is -0.930. The van der Waals surface area contributed by atoms with E-state index < -0.39 is 20.7 Å². The van der Waals surface area contributed by atoms with Gasteiger partial charge in [-0.2, -0.15) is 0 Å². The first-order valence-corrected chi connectivity index (χ1v) is 12.6. The summed E-state index contributed by atoms with van der Waals surface area (Å²) in [6, 6.07) is 0. The zero-order valence-electron chi connectivity index (χ0n) is 15.1. The Morgan fingerprint density at radius 3 is 1.40 bits per heavy atom. The largest absolute Gasteiger partial charge is 0.480 e. The second-order valence-corrected chi connectivity index (χ2v) is 11.7. The Bertz CT molecular complexity index is 495. The highest BCUT2D eigenvalue weighted by Gasteiger charge is 2.26. The number of carbonyl (C=O) groups is 1. The summed E-state index contributed by atoms with van der Waals surface area (Å²) >= 11 is 0. The van der Waals surface area contributed by atoms with Crippen LogP contribution in [0.3, 0.4) is 0 Å². The van der Waals surface area contributed by atoms with Crippen molar-refractivity contribution in [2.45, 2.75) is 13.8 Å².